The van der Waals surface area contributed by atoms with Gasteiger partial charge in [-0.3, -0.25) is 4.68 Å². The highest BCUT2D eigenvalue weighted by Gasteiger charge is 2.12. The Bertz CT molecular complexity index is 977. The summed E-state index contributed by atoms with van der Waals surface area (Å²) in [6, 6.07) is 10.5. The van der Waals surface area contributed by atoms with Gasteiger partial charge in [0.05, 0.1) is 6.54 Å². The van der Waals surface area contributed by atoms with E-state index in [9.17, 15) is 14.0 Å². The van der Waals surface area contributed by atoms with E-state index in [1.165, 1.54) is 12.1 Å². The lowest BCUT2D eigenvalue weighted by atomic mass is 10.1. The topological polar surface area (TPSA) is 101 Å². The smallest absolute Gasteiger partial charge is 0.328 e. The van der Waals surface area contributed by atoms with Crippen LogP contribution < -0.4 is 0 Å². The van der Waals surface area contributed by atoms with Crippen molar-refractivity contribution in [2.24, 2.45) is 0 Å². The fourth-order valence-electron chi connectivity index (χ4n) is 2.47. The predicted octanol–water partition coefficient (Wildman–Crippen LogP) is 2.75. The van der Waals surface area contributed by atoms with Gasteiger partial charge in [-0.15, -0.1) is 0 Å². The molecule has 2 heterocycles. The molecule has 0 atom stereocenters. The van der Waals surface area contributed by atoms with Crippen LogP contribution in [0.25, 0.3) is 16.9 Å². The number of carboxylic acids is 2. The van der Waals surface area contributed by atoms with Gasteiger partial charge in [-0.2, -0.15) is 5.10 Å². The van der Waals surface area contributed by atoms with E-state index in [1.54, 1.807) is 12.1 Å². The molecule has 0 fully saturated rings. The van der Waals surface area contributed by atoms with E-state index in [4.69, 9.17) is 10.2 Å². The van der Waals surface area contributed by atoms with Crippen molar-refractivity contribution in [2.75, 3.05) is 20.6 Å². The van der Waals surface area contributed by atoms with E-state index < -0.39 is 11.9 Å². The third-order valence-electron chi connectivity index (χ3n) is 3.89. The van der Waals surface area contributed by atoms with Crippen molar-refractivity contribution in [2.45, 2.75) is 6.54 Å². The third kappa shape index (κ3) is 7.02. The van der Waals surface area contributed by atoms with E-state index in [-0.39, 0.29) is 5.82 Å². The van der Waals surface area contributed by atoms with Crippen LogP contribution >= 0.6 is 0 Å². The van der Waals surface area contributed by atoms with Gasteiger partial charge in [0.1, 0.15) is 5.82 Å². The van der Waals surface area contributed by atoms with Gasteiger partial charge < -0.3 is 19.7 Å². The second-order valence-corrected chi connectivity index (χ2v) is 6.54. The highest BCUT2D eigenvalue weighted by molar-refractivity contribution is 5.89. The second kappa shape index (κ2) is 10.7. The molecule has 9 heteroatoms. The van der Waals surface area contributed by atoms with Crippen LogP contribution in [0.15, 0.2) is 67.1 Å². The zero-order valence-electron chi connectivity index (χ0n) is 16.6. The van der Waals surface area contributed by atoms with Crippen LogP contribution in [0.1, 0.15) is 0 Å². The Balaban J connectivity index is 0.000000343. The molecule has 2 aromatic heterocycles. The molecule has 0 aliphatic heterocycles. The second-order valence-electron chi connectivity index (χ2n) is 6.54. The minimum Gasteiger partial charge on any atom is -0.478 e. The largest absolute Gasteiger partial charge is 0.478 e. The Labute approximate surface area is 173 Å². The summed E-state index contributed by atoms with van der Waals surface area (Å²) in [5, 5.41) is 20.3. The molecule has 3 rings (SSSR count). The number of rotatable bonds is 7. The van der Waals surface area contributed by atoms with Crippen LogP contribution in [0.4, 0.5) is 4.39 Å². The maximum atomic E-state index is 13.2. The zero-order chi connectivity index (χ0) is 22.1. The minimum atomic E-state index is -1.26. The summed E-state index contributed by atoms with van der Waals surface area (Å²) in [6.07, 6.45) is 7.06. The number of aliphatic carboxylic acids is 2. The molecule has 0 amide bonds. The van der Waals surface area contributed by atoms with Gasteiger partial charge in [-0.25, -0.2) is 14.0 Å². The number of halogens is 1. The van der Waals surface area contributed by atoms with Crippen LogP contribution in [0.3, 0.4) is 0 Å². The van der Waals surface area contributed by atoms with Gasteiger partial charge in [0.2, 0.25) is 0 Å². The van der Waals surface area contributed by atoms with Gasteiger partial charge in [0.25, 0.3) is 0 Å². The fraction of sp³-hybridized carbons (Fsp3) is 0.190. The lowest BCUT2D eigenvalue weighted by molar-refractivity contribution is -0.134. The van der Waals surface area contributed by atoms with Crippen molar-refractivity contribution in [3.63, 3.8) is 0 Å². The normalized spacial score (nSPS) is 10.8. The van der Waals surface area contributed by atoms with Crippen LogP contribution in [0.2, 0.25) is 0 Å². The van der Waals surface area contributed by atoms with E-state index in [1.807, 2.05) is 54.1 Å². The van der Waals surface area contributed by atoms with E-state index in [0.717, 1.165) is 30.0 Å². The number of carboxylic acid groups (broad SMARTS) is 2. The molecule has 0 saturated carbocycles. The Morgan fingerprint density at radius 1 is 1.07 bits per heavy atom. The van der Waals surface area contributed by atoms with Crippen molar-refractivity contribution < 1.29 is 24.2 Å². The summed E-state index contributed by atoms with van der Waals surface area (Å²) in [6.45, 7) is 1.72. The SMILES string of the molecule is CN(C)CCn1cc(-c2ccc(F)cc2)c(-n2cccc2)n1.O=C(O)/C=C/C(=O)O. The van der Waals surface area contributed by atoms with Gasteiger partial charge in [0, 0.05) is 42.9 Å². The number of benzene rings is 1. The van der Waals surface area contributed by atoms with Crippen molar-refractivity contribution >= 4 is 11.9 Å². The molecule has 3 aromatic rings. The number of hydrogen-bond donors (Lipinski definition) is 2. The number of hydrogen-bond acceptors (Lipinski definition) is 4. The first-order valence-corrected chi connectivity index (χ1v) is 9.01. The molecular weight excluding hydrogens is 391 g/mol. The van der Waals surface area contributed by atoms with Crippen LogP contribution in [-0.4, -0.2) is 62.0 Å². The number of likely N-dealkylation sites (N-methyl/N-ethyl adjacent to an activating group) is 1. The van der Waals surface area contributed by atoms with Crippen LogP contribution in [-0.2, 0) is 16.1 Å². The van der Waals surface area contributed by atoms with E-state index in [0.29, 0.717) is 12.2 Å². The van der Waals surface area contributed by atoms with Crippen molar-refractivity contribution in [1.29, 1.82) is 0 Å². The molecule has 0 radical (unpaired) electrons. The monoisotopic (exact) mass is 414 g/mol. The van der Waals surface area contributed by atoms with E-state index >= 15 is 0 Å². The average molecular weight is 414 g/mol. The van der Waals surface area contributed by atoms with Crippen LogP contribution in [0.5, 0.6) is 0 Å². The van der Waals surface area contributed by atoms with Crippen molar-refractivity contribution in [1.82, 2.24) is 19.2 Å². The lowest BCUT2D eigenvalue weighted by Crippen LogP contribution is -2.18. The molecule has 30 heavy (non-hydrogen) atoms. The number of aromatic nitrogens is 3. The van der Waals surface area contributed by atoms with Gasteiger partial charge in [0.15, 0.2) is 5.82 Å². The first-order chi connectivity index (χ1) is 14.3. The quantitative estimate of drug-likeness (QED) is 0.577. The molecule has 0 spiro atoms. The Morgan fingerprint density at radius 2 is 1.63 bits per heavy atom. The lowest BCUT2D eigenvalue weighted by Gasteiger charge is -2.08. The molecule has 0 aliphatic rings. The molecule has 1 aromatic carbocycles. The maximum Gasteiger partial charge on any atom is 0.328 e. The van der Waals surface area contributed by atoms with Gasteiger partial charge in [-0.05, 0) is 43.9 Å². The fourth-order valence-corrected chi connectivity index (χ4v) is 2.47. The van der Waals surface area contributed by atoms with Crippen molar-refractivity contribution in [3.8, 4) is 16.9 Å². The highest BCUT2D eigenvalue weighted by Crippen LogP contribution is 2.26. The maximum absolute atomic E-state index is 13.2. The molecular formula is C21H23FN4O4. The molecule has 158 valence electrons. The zero-order valence-corrected chi connectivity index (χ0v) is 16.6. The summed E-state index contributed by atoms with van der Waals surface area (Å²) in [7, 11) is 4.08. The first-order valence-electron chi connectivity index (χ1n) is 9.01. The average Bonchev–Trinajstić information content (AvgIpc) is 3.35. The van der Waals surface area contributed by atoms with Crippen LogP contribution in [0, 0.1) is 5.82 Å². The molecule has 0 unspecified atom stereocenters. The Hall–Kier alpha value is -3.72. The molecule has 0 bridgehead atoms. The molecule has 8 nitrogen and oxygen atoms in total. The van der Waals surface area contributed by atoms with Crippen molar-refractivity contribution in [3.05, 3.63) is 73.0 Å². The summed E-state index contributed by atoms with van der Waals surface area (Å²) >= 11 is 0. The summed E-state index contributed by atoms with van der Waals surface area (Å²) < 4.78 is 17.1. The van der Waals surface area contributed by atoms with E-state index in [2.05, 4.69) is 10.00 Å². The predicted molar refractivity (Wildman–Crippen MR) is 110 cm³/mol. The molecule has 0 aliphatic carbocycles. The Kier molecular flexibility index (Phi) is 8.07. The first kappa shape index (κ1) is 22.6. The van der Waals surface area contributed by atoms with Gasteiger partial charge >= 0.3 is 11.9 Å². The molecule has 0 saturated heterocycles. The third-order valence-corrected chi connectivity index (χ3v) is 3.89. The molecule has 2 N–H and O–H groups in total. The standard InChI is InChI=1S/C17H19FN4.C4H4O4/c1-20(2)11-12-22-13-16(14-5-7-15(18)8-6-14)17(19-22)21-9-3-4-10-21;5-3(6)1-2-4(7)8/h3-10,13H,11-12H2,1-2H3;1-2H,(H,5,6)(H,7,8)/b;2-1+. The minimum absolute atomic E-state index is 0.230. The number of carbonyl (C=O) groups is 2. The number of nitrogens with zero attached hydrogens (tertiary/aromatic N) is 4. The highest BCUT2D eigenvalue weighted by atomic mass is 19.1. The summed E-state index contributed by atoms with van der Waals surface area (Å²) in [4.78, 5) is 21.2. The summed E-state index contributed by atoms with van der Waals surface area (Å²) in [5.41, 5.74) is 1.95. The Morgan fingerprint density at radius 3 is 2.13 bits per heavy atom. The van der Waals surface area contributed by atoms with Gasteiger partial charge in [-0.1, -0.05) is 12.1 Å². The summed E-state index contributed by atoms with van der Waals surface area (Å²) in [5.74, 6) is -1.89.